The minimum atomic E-state index is -0.955. The first-order valence-electron chi connectivity index (χ1n) is 4.44. The lowest BCUT2D eigenvalue weighted by molar-refractivity contribution is -0.138. The third kappa shape index (κ3) is 7.59. The van der Waals surface area contributed by atoms with Gasteiger partial charge in [-0.1, -0.05) is 0 Å². The van der Waals surface area contributed by atoms with Gasteiger partial charge in [0.15, 0.2) is 6.40 Å². The van der Waals surface area contributed by atoms with Gasteiger partial charge in [0.2, 0.25) is 0 Å². The zero-order valence-electron chi connectivity index (χ0n) is 8.26. The van der Waals surface area contributed by atoms with Gasteiger partial charge in [0.05, 0.1) is 0 Å². The molecule has 0 aromatic heterocycles. The number of esters is 1. The number of aliphatic imine (C=N–C) groups is 1. The van der Waals surface area contributed by atoms with Crippen LogP contribution in [0.1, 0.15) is 12.8 Å². The number of rotatable bonds is 4. The van der Waals surface area contributed by atoms with Crippen LogP contribution in [0.4, 0.5) is 0 Å². The first kappa shape index (κ1) is 13.5. The zero-order chi connectivity index (χ0) is 11.7. The van der Waals surface area contributed by atoms with Crippen LogP contribution < -0.4 is 11.5 Å². The van der Waals surface area contributed by atoms with E-state index in [2.05, 4.69) is 9.73 Å². The predicted molar refractivity (Wildman–Crippen MR) is 53.4 cm³/mol. The summed E-state index contributed by atoms with van der Waals surface area (Å²) in [6.07, 6.45) is 2.29. The van der Waals surface area contributed by atoms with Crippen molar-refractivity contribution in [1.82, 2.24) is 0 Å². The van der Waals surface area contributed by atoms with Gasteiger partial charge in [0.25, 0.3) is 0 Å². The molecule has 15 heavy (non-hydrogen) atoms. The van der Waals surface area contributed by atoms with E-state index in [4.69, 9.17) is 16.6 Å². The summed E-state index contributed by atoms with van der Waals surface area (Å²) in [5, 5.41) is 8.24. The molecule has 5 N–H and O–H groups in total. The number of carboxylic acids is 1. The number of carbonyl (C=O) groups excluding carboxylic acids is 1. The molecular formula is C8H15N3O4. The van der Waals surface area contributed by atoms with Crippen LogP contribution in [-0.2, 0) is 14.3 Å². The molecule has 1 unspecified atom stereocenters. The second kappa shape index (κ2) is 7.89. The van der Waals surface area contributed by atoms with E-state index in [-0.39, 0.29) is 12.5 Å². The van der Waals surface area contributed by atoms with Gasteiger partial charge in [-0.3, -0.25) is 4.79 Å². The van der Waals surface area contributed by atoms with Gasteiger partial charge in [-0.05, 0) is 19.4 Å². The molecule has 86 valence electrons. The smallest absolute Gasteiger partial charge is 0.334 e. The van der Waals surface area contributed by atoms with E-state index in [0.717, 1.165) is 6.40 Å². The van der Waals surface area contributed by atoms with E-state index < -0.39 is 12.0 Å². The van der Waals surface area contributed by atoms with E-state index in [0.29, 0.717) is 19.4 Å². The molecule has 0 saturated carbocycles. The Hall–Kier alpha value is -1.47. The van der Waals surface area contributed by atoms with Crippen molar-refractivity contribution in [2.45, 2.75) is 18.9 Å². The third-order valence-electron chi connectivity index (χ3n) is 1.52. The molecule has 1 aliphatic heterocycles. The number of nitrogens with zero attached hydrogens (tertiary/aromatic N) is 1. The molecule has 0 spiro atoms. The van der Waals surface area contributed by atoms with Gasteiger partial charge in [-0.2, -0.15) is 0 Å². The van der Waals surface area contributed by atoms with E-state index in [9.17, 15) is 9.59 Å². The normalized spacial score (nSPS) is 15.2. The van der Waals surface area contributed by atoms with Crippen LogP contribution in [0.3, 0.4) is 0 Å². The maximum atomic E-state index is 10.0. The fourth-order valence-corrected chi connectivity index (χ4v) is 0.706. The highest BCUT2D eigenvalue weighted by atomic mass is 16.5. The topological polar surface area (TPSA) is 128 Å². The van der Waals surface area contributed by atoms with Crippen molar-refractivity contribution in [2.24, 2.45) is 16.5 Å². The predicted octanol–water partition coefficient (Wildman–Crippen LogP) is -1.29. The summed E-state index contributed by atoms with van der Waals surface area (Å²) in [4.78, 5) is 23.4. The van der Waals surface area contributed by atoms with Crippen LogP contribution in [0.2, 0.25) is 0 Å². The van der Waals surface area contributed by atoms with Crippen LogP contribution in [-0.4, -0.2) is 42.6 Å². The van der Waals surface area contributed by atoms with Crippen LogP contribution in [0.15, 0.2) is 4.99 Å². The Bertz CT molecular complexity index is 232. The van der Waals surface area contributed by atoms with Crippen LogP contribution in [0.25, 0.3) is 0 Å². The summed E-state index contributed by atoms with van der Waals surface area (Å²) in [7, 11) is 0. The standard InChI is InChI=1S/C5H12N2O2.C3H3NO2/c6-3-1-2-4(7)5(8)9;5-3-1-4-2-6-3/h4H,1-3,6-7H2,(H,8,9);2H,1H2. The van der Waals surface area contributed by atoms with E-state index in [1.165, 1.54) is 0 Å². The van der Waals surface area contributed by atoms with Gasteiger partial charge in [0.1, 0.15) is 12.6 Å². The number of hydrogen-bond donors (Lipinski definition) is 3. The average molecular weight is 217 g/mol. The van der Waals surface area contributed by atoms with Gasteiger partial charge in [-0.25, -0.2) is 9.79 Å². The summed E-state index contributed by atoms with van der Waals surface area (Å²) < 4.78 is 4.22. The van der Waals surface area contributed by atoms with Crippen molar-refractivity contribution >= 4 is 18.3 Å². The van der Waals surface area contributed by atoms with Gasteiger partial charge >= 0.3 is 11.9 Å². The maximum Gasteiger partial charge on any atom is 0.334 e. The number of ether oxygens (including phenoxy) is 1. The SMILES string of the molecule is NCCCC(N)C(=O)O.O=C1CN=CO1. The molecule has 0 saturated heterocycles. The molecule has 1 aliphatic rings. The first-order valence-corrected chi connectivity index (χ1v) is 4.44. The van der Waals surface area contributed by atoms with Crippen LogP contribution >= 0.6 is 0 Å². The zero-order valence-corrected chi connectivity index (χ0v) is 8.26. The number of cyclic esters (lactones) is 1. The molecular weight excluding hydrogens is 202 g/mol. The summed E-state index contributed by atoms with van der Waals surface area (Å²) >= 11 is 0. The van der Waals surface area contributed by atoms with Gasteiger partial charge < -0.3 is 21.3 Å². The van der Waals surface area contributed by atoms with Crippen molar-refractivity contribution in [3.63, 3.8) is 0 Å². The fraction of sp³-hybridized carbons (Fsp3) is 0.625. The quantitative estimate of drug-likeness (QED) is 0.502. The number of nitrogens with two attached hydrogens (primary N) is 2. The number of carboxylic acid groups (broad SMARTS) is 1. The Morgan fingerprint density at radius 1 is 1.73 bits per heavy atom. The molecule has 1 atom stereocenters. The lowest BCUT2D eigenvalue weighted by atomic mass is 10.2. The maximum absolute atomic E-state index is 10.0. The van der Waals surface area contributed by atoms with Crippen molar-refractivity contribution in [3.05, 3.63) is 0 Å². The second-order valence-corrected chi connectivity index (χ2v) is 2.81. The second-order valence-electron chi connectivity index (χ2n) is 2.81. The van der Waals surface area contributed by atoms with Gasteiger partial charge in [-0.15, -0.1) is 0 Å². The van der Waals surface area contributed by atoms with Crippen LogP contribution in [0.5, 0.6) is 0 Å². The Balaban J connectivity index is 0.000000280. The Labute approximate surface area is 87.1 Å². The molecule has 0 aliphatic carbocycles. The Kier molecular flexibility index (Phi) is 7.12. The number of hydrogen-bond acceptors (Lipinski definition) is 6. The first-order chi connectivity index (χ1) is 7.07. The minimum absolute atomic E-state index is 0.194. The highest BCUT2D eigenvalue weighted by molar-refractivity contribution is 5.84. The summed E-state index contributed by atoms with van der Waals surface area (Å²) in [5.41, 5.74) is 10.3. The number of carbonyl (C=O) groups is 2. The molecule has 1 heterocycles. The monoisotopic (exact) mass is 217 g/mol. The summed E-state index contributed by atoms with van der Waals surface area (Å²) in [5.74, 6) is -1.22. The molecule has 7 nitrogen and oxygen atoms in total. The fourth-order valence-electron chi connectivity index (χ4n) is 0.706. The largest absolute Gasteiger partial charge is 0.480 e. The van der Waals surface area contributed by atoms with E-state index in [1.807, 2.05) is 0 Å². The highest BCUT2D eigenvalue weighted by Crippen LogP contribution is 1.91. The van der Waals surface area contributed by atoms with E-state index in [1.54, 1.807) is 0 Å². The molecule has 7 heteroatoms. The molecule has 0 aromatic carbocycles. The van der Waals surface area contributed by atoms with Crippen LogP contribution in [0, 0.1) is 0 Å². The molecule has 1 rings (SSSR count). The average Bonchev–Trinajstić information content (AvgIpc) is 2.66. The van der Waals surface area contributed by atoms with Crippen molar-refractivity contribution in [2.75, 3.05) is 13.1 Å². The summed E-state index contributed by atoms with van der Waals surface area (Å²) in [6, 6.07) is -0.742. The van der Waals surface area contributed by atoms with Crippen molar-refractivity contribution < 1.29 is 19.4 Å². The molecule has 0 bridgehead atoms. The van der Waals surface area contributed by atoms with Crippen molar-refractivity contribution in [1.29, 1.82) is 0 Å². The number of aliphatic carboxylic acids is 1. The minimum Gasteiger partial charge on any atom is -0.480 e. The lowest BCUT2D eigenvalue weighted by Crippen LogP contribution is -2.30. The molecule has 0 aromatic rings. The van der Waals surface area contributed by atoms with Gasteiger partial charge in [0, 0.05) is 0 Å². The Morgan fingerprint density at radius 2 is 2.40 bits per heavy atom. The molecule has 0 radical (unpaired) electrons. The molecule has 0 amide bonds. The summed E-state index contributed by atoms with van der Waals surface area (Å²) in [6.45, 7) is 0.695. The highest BCUT2D eigenvalue weighted by Gasteiger charge is 2.08. The Morgan fingerprint density at radius 3 is 2.67 bits per heavy atom. The third-order valence-corrected chi connectivity index (χ3v) is 1.52. The van der Waals surface area contributed by atoms with Crippen molar-refractivity contribution in [3.8, 4) is 0 Å². The molecule has 0 fully saturated rings. The lowest BCUT2D eigenvalue weighted by Gasteiger charge is -2.02. The van der Waals surface area contributed by atoms with E-state index >= 15 is 0 Å².